The summed E-state index contributed by atoms with van der Waals surface area (Å²) in [5.74, 6) is 0.329. The third-order valence-corrected chi connectivity index (χ3v) is 4.05. The Bertz CT molecular complexity index is 782. The van der Waals surface area contributed by atoms with E-state index in [4.69, 9.17) is 4.74 Å². The first-order valence-electron chi connectivity index (χ1n) is 8.61. The second kappa shape index (κ2) is 8.98. The summed E-state index contributed by atoms with van der Waals surface area (Å²) in [6.45, 7) is 6.41. The minimum absolute atomic E-state index is 0.00823. The van der Waals surface area contributed by atoms with Crippen LogP contribution < -0.4 is 9.04 Å². The van der Waals surface area contributed by atoms with Crippen LogP contribution in [0.2, 0.25) is 0 Å². The molecule has 0 aliphatic carbocycles. The fourth-order valence-corrected chi connectivity index (χ4v) is 2.61. The Labute approximate surface area is 159 Å². The van der Waals surface area contributed by atoms with Gasteiger partial charge in [0.2, 0.25) is 5.95 Å². The minimum Gasteiger partial charge on any atom is -0.493 e. The monoisotopic (exact) mass is 377 g/mol. The maximum atomic E-state index is 13.8. The van der Waals surface area contributed by atoms with Gasteiger partial charge >= 0.3 is 0 Å². The number of aldehydes is 1. The molecule has 0 saturated heterocycles. The molecule has 0 aliphatic rings. The van der Waals surface area contributed by atoms with Crippen LogP contribution in [0.4, 0.5) is 10.3 Å². The van der Waals surface area contributed by atoms with E-state index in [1.165, 1.54) is 16.4 Å². The molecule has 140 valence electrons. The van der Waals surface area contributed by atoms with Crippen molar-refractivity contribution < 1.29 is 13.9 Å². The van der Waals surface area contributed by atoms with Crippen molar-refractivity contribution in [2.45, 2.75) is 39.5 Å². The van der Waals surface area contributed by atoms with Crippen molar-refractivity contribution in [3.8, 4) is 17.0 Å². The van der Waals surface area contributed by atoms with Crippen molar-refractivity contribution in [3.05, 3.63) is 35.3 Å². The van der Waals surface area contributed by atoms with Crippen molar-refractivity contribution in [2.24, 2.45) is 0 Å². The number of aromatic nitrogens is 2. The molecular weight excluding hydrogens is 353 g/mol. The van der Waals surface area contributed by atoms with E-state index in [1.807, 2.05) is 13.8 Å². The predicted octanol–water partition coefficient (Wildman–Crippen LogP) is 4.68. The average Bonchev–Trinajstić information content (AvgIpc) is 2.60. The molecule has 2 rings (SSSR count). The Morgan fingerprint density at radius 3 is 2.65 bits per heavy atom. The maximum absolute atomic E-state index is 13.8. The number of carbonyl (C=O) groups excluding carboxylic acids is 1. The Balaban J connectivity index is 2.68. The summed E-state index contributed by atoms with van der Waals surface area (Å²) in [5.41, 5.74) is 1.97. The molecule has 0 saturated carbocycles. The molecule has 0 unspecified atom stereocenters. The molecule has 0 fully saturated rings. The summed E-state index contributed by atoms with van der Waals surface area (Å²) in [6.07, 6.45) is 2.55. The number of hydrogen-bond donors (Lipinski definition) is 1. The van der Waals surface area contributed by atoms with Gasteiger partial charge in [-0.2, -0.15) is 0 Å². The zero-order chi connectivity index (χ0) is 19.3. The Kier molecular flexibility index (Phi) is 6.97. The van der Waals surface area contributed by atoms with E-state index in [9.17, 15) is 9.18 Å². The van der Waals surface area contributed by atoms with E-state index in [2.05, 4.69) is 29.7 Å². The largest absolute Gasteiger partial charge is 0.493 e. The average molecular weight is 377 g/mol. The van der Waals surface area contributed by atoms with Crippen molar-refractivity contribution >= 4 is 25.0 Å². The quantitative estimate of drug-likeness (QED) is 0.411. The Hall–Kier alpha value is -2.15. The van der Waals surface area contributed by atoms with Crippen LogP contribution in [-0.4, -0.2) is 29.9 Å². The predicted molar refractivity (Wildman–Crippen MR) is 105 cm³/mol. The Morgan fingerprint density at radius 1 is 1.35 bits per heavy atom. The molecule has 0 amide bonds. The lowest BCUT2D eigenvalue weighted by Gasteiger charge is -2.18. The summed E-state index contributed by atoms with van der Waals surface area (Å²) >= 11 is 4.27. The highest BCUT2D eigenvalue weighted by molar-refractivity contribution is 7.81. The van der Waals surface area contributed by atoms with Gasteiger partial charge in [0.25, 0.3) is 0 Å². The molecule has 5 nitrogen and oxygen atoms in total. The minimum atomic E-state index is -0.405. The highest BCUT2D eigenvalue weighted by Gasteiger charge is 2.21. The van der Waals surface area contributed by atoms with Crippen molar-refractivity contribution in [3.63, 3.8) is 0 Å². The highest BCUT2D eigenvalue weighted by atomic mass is 32.1. The van der Waals surface area contributed by atoms with E-state index < -0.39 is 5.82 Å². The van der Waals surface area contributed by atoms with E-state index >= 15 is 0 Å². The number of nitrogens with zero attached hydrogens (tertiary/aromatic N) is 3. The van der Waals surface area contributed by atoms with Gasteiger partial charge in [-0.15, -0.1) is 0 Å². The van der Waals surface area contributed by atoms with E-state index in [-0.39, 0.29) is 5.92 Å². The number of halogens is 1. The molecular formula is C19H24FN3O2S. The Morgan fingerprint density at radius 2 is 2.08 bits per heavy atom. The molecule has 0 N–H and O–H groups in total. The summed E-state index contributed by atoms with van der Waals surface area (Å²) in [4.78, 5) is 20.7. The highest BCUT2D eigenvalue weighted by Crippen LogP contribution is 2.35. The lowest BCUT2D eigenvalue weighted by molar-refractivity contribution is 0.112. The molecule has 0 aliphatic heterocycles. The number of unbranched alkanes of at least 4 members (excludes halogenated alkanes) is 1. The van der Waals surface area contributed by atoms with E-state index in [1.54, 1.807) is 13.1 Å². The fourth-order valence-electron chi connectivity index (χ4n) is 2.52. The van der Waals surface area contributed by atoms with Gasteiger partial charge in [-0.25, -0.2) is 14.4 Å². The van der Waals surface area contributed by atoms with Crippen LogP contribution in [0.3, 0.4) is 0 Å². The van der Waals surface area contributed by atoms with Gasteiger partial charge < -0.3 is 4.74 Å². The second-order valence-corrected chi connectivity index (χ2v) is 6.91. The molecule has 0 atom stereocenters. The summed E-state index contributed by atoms with van der Waals surface area (Å²) in [5, 5.41) is 0. The van der Waals surface area contributed by atoms with Gasteiger partial charge in [-0.3, -0.25) is 9.10 Å². The smallest absolute Gasteiger partial charge is 0.235 e. The topological polar surface area (TPSA) is 55.3 Å². The van der Waals surface area contributed by atoms with Crippen molar-refractivity contribution in [1.29, 1.82) is 0 Å². The van der Waals surface area contributed by atoms with Crippen LogP contribution in [0.5, 0.6) is 5.75 Å². The van der Waals surface area contributed by atoms with Gasteiger partial charge in [0.1, 0.15) is 11.6 Å². The van der Waals surface area contributed by atoms with Crippen LogP contribution in [0.15, 0.2) is 18.2 Å². The number of thiol groups is 1. The molecule has 7 heteroatoms. The van der Waals surface area contributed by atoms with Crippen LogP contribution in [0.1, 0.15) is 55.6 Å². The van der Waals surface area contributed by atoms with Gasteiger partial charge in [-0.05, 0) is 24.5 Å². The maximum Gasteiger partial charge on any atom is 0.235 e. The summed E-state index contributed by atoms with van der Waals surface area (Å²) in [7, 11) is 1.70. The normalized spacial score (nSPS) is 10.9. The molecule has 1 aromatic heterocycles. The third kappa shape index (κ3) is 4.52. The molecule has 0 bridgehead atoms. The van der Waals surface area contributed by atoms with E-state index in [0.717, 1.165) is 19.1 Å². The second-order valence-electron chi connectivity index (χ2n) is 6.31. The number of hydrogen-bond acceptors (Lipinski definition) is 6. The first-order valence-corrected chi connectivity index (χ1v) is 9.01. The summed E-state index contributed by atoms with van der Waals surface area (Å²) < 4.78 is 21.0. The lowest BCUT2D eigenvalue weighted by Crippen LogP contribution is -2.13. The molecule has 0 radical (unpaired) electrons. The number of rotatable bonds is 8. The lowest BCUT2D eigenvalue weighted by atomic mass is 9.99. The first kappa shape index (κ1) is 20.2. The standard InChI is InChI=1S/C19H24FN3O2S/c1-5-6-9-25-16-10-13(20)7-8-14(16)18-15(11-24)17(12(2)3)21-19(22-18)23(4)26/h7-8,10-12,26H,5-6,9H2,1-4H3. The molecule has 2 aromatic rings. The molecule has 0 spiro atoms. The molecule has 1 aromatic carbocycles. The van der Waals surface area contributed by atoms with E-state index in [0.29, 0.717) is 40.8 Å². The third-order valence-electron chi connectivity index (χ3n) is 3.87. The van der Waals surface area contributed by atoms with Crippen molar-refractivity contribution in [1.82, 2.24) is 9.97 Å². The van der Waals surface area contributed by atoms with Gasteiger partial charge in [0.15, 0.2) is 6.29 Å². The number of benzene rings is 1. The zero-order valence-electron chi connectivity index (χ0n) is 15.5. The SMILES string of the molecule is CCCCOc1cc(F)ccc1-c1nc(N(C)S)nc(C(C)C)c1C=O. The van der Waals surface area contributed by atoms with Crippen LogP contribution >= 0.6 is 12.8 Å². The summed E-state index contributed by atoms with van der Waals surface area (Å²) in [6, 6.07) is 4.23. The number of ether oxygens (including phenoxy) is 1. The number of anilines is 1. The molecule has 1 heterocycles. The van der Waals surface area contributed by atoms with Crippen LogP contribution in [-0.2, 0) is 0 Å². The van der Waals surface area contributed by atoms with Crippen molar-refractivity contribution in [2.75, 3.05) is 18.0 Å². The van der Waals surface area contributed by atoms with Gasteiger partial charge in [0, 0.05) is 18.7 Å². The fraction of sp³-hybridized carbons (Fsp3) is 0.421. The molecule has 26 heavy (non-hydrogen) atoms. The number of carbonyl (C=O) groups is 1. The van der Waals surface area contributed by atoms with Gasteiger partial charge in [-0.1, -0.05) is 40.0 Å². The van der Waals surface area contributed by atoms with Crippen LogP contribution in [0.25, 0.3) is 11.3 Å². The first-order chi connectivity index (χ1) is 12.4. The van der Waals surface area contributed by atoms with Gasteiger partial charge in [0.05, 0.1) is 23.6 Å². The van der Waals surface area contributed by atoms with Crippen LogP contribution in [0, 0.1) is 5.82 Å². The zero-order valence-corrected chi connectivity index (χ0v) is 16.4.